The van der Waals surface area contributed by atoms with Crippen LogP contribution in [0, 0.1) is 5.82 Å². The largest absolute Gasteiger partial charge is 0.485 e. The van der Waals surface area contributed by atoms with Crippen LogP contribution in [0.4, 0.5) is 10.2 Å². The Morgan fingerprint density at radius 1 is 1.43 bits per heavy atom. The number of hydrogen-bond acceptors (Lipinski definition) is 5. The van der Waals surface area contributed by atoms with Gasteiger partial charge in [0.05, 0.1) is 12.7 Å². The van der Waals surface area contributed by atoms with Crippen molar-refractivity contribution in [2.75, 3.05) is 12.8 Å². The number of benzene rings is 1. The lowest BCUT2D eigenvalue weighted by Crippen LogP contribution is -2.11. The van der Waals surface area contributed by atoms with E-state index in [4.69, 9.17) is 18.3 Å². The number of halogens is 1. The summed E-state index contributed by atoms with van der Waals surface area (Å²) in [5, 5.41) is 0. The highest BCUT2D eigenvalue weighted by atomic mass is 19.1. The number of nitrogens with two attached hydrogens (primary N) is 1. The summed E-state index contributed by atoms with van der Waals surface area (Å²) in [5.74, 6) is -0.650. The van der Waals surface area contributed by atoms with Gasteiger partial charge in [-0.2, -0.15) is 0 Å². The van der Waals surface area contributed by atoms with Crippen LogP contribution in [0.2, 0.25) is 0 Å². The van der Waals surface area contributed by atoms with Crippen molar-refractivity contribution in [1.29, 1.82) is 0 Å². The average molecular weight is 286 g/mol. The van der Waals surface area contributed by atoms with Crippen LogP contribution in [0.25, 0.3) is 0 Å². The smallest absolute Gasteiger partial charge is 0.338 e. The zero-order chi connectivity index (χ0) is 15.4. The molecule has 106 valence electrons. The van der Waals surface area contributed by atoms with Gasteiger partial charge < -0.3 is 15.2 Å². The van der Waals surface area contributed by atoms with E-state index in [0.29, 0.717) is 11.0 Å². The van der Waals surface area contributed by atoms with Crippen LogP contribution in [0.15, 0.2) is 30.5 Å². The van der Waals surface area contributed by atoms with Crippen molar-refractivity contribution >= 4 is 25.1 Å². The first-order chi connectivity index (χ1) is 10.0. The highest BCUT2D eigenvalue weighted by molar-refractivity contribution is 6.32. The van der Waals surface area contributed by atoms with Crippen molar-refractivity contribution in [3.05, 3.63) is 47.4 Å². The molecular formula is C14H12BFN2O3. The predicted molar refractivity (Wildman–Crippen MR) is 76.1 cm³/mol. The lowest BCUT2D eigenvalue weighted by molar-refractivity contribution is 0.0597. The van der Waals surface area contributed by atoms with Crippen LogP contribution in [-0.2, 0) is 11.3 Å². The Balaban J connectivity index is 2.25. The maximum atomic E-state index is 13.3. The summed E-state index contributed by atoms with van der Waals surface area (Å²) in [4.78, 5) is 15.5. The van der Waals surface area contributed by atoms with Crippen LogP contribution in [0.3, 0.4) is 0 Å². The molecule has 0 aliphatic rings. The number of pyridine rings is 1. The molecule has 7 heteroatoms. The maximum absolute atomic E-state index is 13.3. The number of rotatable bonds is 4. The second-order valence-electron chi connectivity index (χ2n) is 4.23. The third-order valence-electron chi connectivity index (χ3n) is 2.76. The van der Waals surface area contributed by atoms with Gasteiger partial charge in [0.15, 0.2) is 11.6 Å². The van der Waals surface area contributed by atoms with E-state index < -0.39 is 11.8 Å². The molecule has 0 saturated carbocycles. The Hall–Kier alpha value is -2.57. The molecule has 0 fully saturated rings. The minimum Gasteiger partial charge on any atom is -0.485 e. The van der Waals surface area contributed by atoms with Gasteiger partial charge in [-0.1, -0.05) is 5.46 Å². The molecule has 1 aromatic carbocycles. The molecule has 0 spiro atoms. The van der Waals surface area contributed by atoms with E-state index in [1.54, 1.807) is 0 Å². The van der Waals surface area contributed by atoms with E-state index in [1.165, 1.54) is 37.6 Å². The van der Waals surface area contributed by atoms with Gasteiger partial charge in [0.1, 0.15) is 20.3 Å². The van der Waals surface area contributed by atoms with Crippen molar-refractivity contribution in [2.45, 2.75) is 6.61 Å². The van der Waals surface area contributed by atoms with Gasteiger partial charge in [0.2, 0.25) is 0 Å². The van der Waals surface area contributed by atoms with Gasteiger partial charge >= 0.3 is 5.97 Å². The minimum atomic E-state index is -0.577. The summed E-state index contributed by atoms with van der Waals surface area (Å²) in [5.41, 5.74) is 6.59. The highest BCUT2D eigenvalue weighted by Gasteiger charge is 2.14. The Labute approximate surface area is 122 Å². The van der Waals surface area contributed by atoms with Crippen LogP contribution < -0.4 is 15.9 Å². The standard InChI is InChI=1S/C14H12BFN2O3/c1-20-14(19)11-3-2-10(16)4-8(11)7-21-12-5-9(15)6-18-13(12)17/h2-6H,7H2,1H3,(H2,17,18). The van der Waals surface area contributed by atoms with Crippen molar-refractivity contribution in [3.63, 3.8) is 0 Å². The first-order valence-electron chi connectivity index (χ1n) is 6.02. The molecule has 21 heavy (non-hydrogen) atoms. The second kappa shape index (κ2) is 6.26. The zero-order valence-electron chi connectivity index (χ0n) is 11.3. The molecule has 1 heterocycles. The molecule has 0 saturated heterocycles. The van der Waals surface area contributed by atoms with Crippen molar-refractivity contribution < 1.29 is 18.7 Å². The second-order valence-corrected chi connectivity index (χ2v) is 4.23. The average Bonchev–Trinajstić information content (AvgIpc) is 2.47. The topological polar surface area (TPSA) is 74.4 Å². The Morgan fingerprint density at radius 2 is 2.19 bits per heavy atom. The number of anilines is 1. The monoisotopic (exact) mass is 286 g/mol. The Morgan fingerprint density at radius 3 is 2.90 bits per heavy atom. The van der Waals surface area contributed by atoms with Crippen LogP contribution in [0.1, 0.15) is 15.9 Å². The summed E-state index contributed by atoms with van der Waals surface area (Å²) in [7, 11) is 6.83. The number of nitrogens with zero attached hydrogens (tertiary/aromatic N) is 1. The number of esters is 1. The van der Waals surface area contributed by atoms with Gasteiger partial charge in [-0.05, 0) is 24.3 Å². The van der Waals surface area contributed by atoms with Crippen molar-refractivity contribution in [3.8, 4) is 5.75 Å². The Kier molecular flexibility index (Phi) is 4.42. The lowest BCUT2D eigenvalue weighted by atomic mass is 9.99. The SMILES string of the molecule is [B]c1cnc(N)c(OCc2cc(F)ccc2C(=O)OC)c1. The van der Waals surface area contributed by atoms with Crippen LogP contribution in [-0.4, -0.2) is 25.9 Å². The van der Waals surface area contributed by atoms with Gasteiger partial charge in [0, 0.05) is 11.8 Å². The number of ether oxygens (including phenoxy) is 2. The van der Waals surface area contributed by atoms with Gasteiger partial charge in [-0.15, -0.1) is 0 Å². The molecule has 2 N–H and O–H groups in total. The fraction of sp³-hybridized carbons (Fsp3) is 0.143. The molecule has 0 aliphatic carbocycles. The van der Waals surface area contributed by atoms with E-state index in [9.17, 15) is 9.18 Å². The lowest BCUT2D eigenvalue weighted by Gasteiger charge is -2.11. The highest BCUT2D eigenvalue weighted by Crippen LogP contribution is 2.20. The fourth-order valence-electron chi connectivity index (χ4n) is 1.73. The third kappa shape index (κ3) is 3.50. The number of aromatic nitrogens is 1. The minimum absolute atomic E-state index is 0.0719. The van der Waals surface area contributed by atoms with Crippen molar-refractivity contribution in [1.82, 2.24) is 4.98 Å². The zero-order valence-corrected chi connectivity index (χ0v) is 11.3. The van der Waals surface area contributed by atoms with E-state index in [0.717, 1.165) is 0 Å². The predicted octanol–water partition coefficient (Wildman–Crippen LogP) is 0.962. The quantitative estimate of drug-likeness (QED) is 0.669. The first kappa shape index (κ1) is 14.8. The molecule has 0 aliphatic heterocycles. The summed E-state index contributed by atoms with van der Waals surface area (Å²) in [6.07, 6.45) is 1.39. The third-order valence-corrected chi connectivity index (χ3v) is 2.76. The number of methoxy groups -OCH3 is 1. The maximum Gasteiger partial charge on any atom is 0.338 e. The van der Waals surface area contributed by atoms with E-state index in [-0.39, 0.29) is 23.7 Å². The Bertz CT molecular complexity index is 679. The molecule has 0 atom stereocenters. The van der Waals surface area contributed by atoms with Gasteiger partial charge in [-0.3, -0.25) is 0 Å². The molecule has 0 bridgehead atoms. The van der Waals surface area contributed by atoms with Crippen molar-refractivity contribution in [2.24, 2.45) is 0 Å². The van der Waals surface area contributed by atoms with E-state index in [1.807, 2.05) is 0 Å². The van der Waals surface area contributed by atoms with Gasteiger partial charge in [-0.25, -0.2) is 14.2 Å². The molecule has 2 radical (unpaired) electrons. The molecule has 2 aromatic rings. The van der Waals surface area contributed by atoms with Crippen LogP contribution in [0.5, 0.6) is 5.75 Å². The molecule has 1 aromatic heterocycles. The molecule has 0 amide bonds. The van der Waals surface area contributed by atoms with E-state index in [2.05, 4.69) is 9.72 Å². The fourth-order valence-corrected chi connectivity index (χ4v) is 1.73. The first-order valence-corrected chi connectivity index (χ1v) is 6.02. The summed E-state index contributed by atoms with van der Waals surface area (Å²) < 4.78 is 23.4. The number of carbonyl (C=O) groups excluding carboxylic acids is 1. The molecule has 2 rings (SSSR count). The number of nitrogen functional groups attached to an aromatic ring is 1. The number of hydrogen-bond donors (Lipinski definition) is 1. The normalized spacial score (nSPS) is 10.2. The van der Waals surface area contributed by atoms with Crippen LogP contribution >= 0.6 is 0 Å². The summed E-state index contributed by atoms with van der Waals surface area (Å²) in [6, 6.07) is 5.20. The molecule has 0 unspecified atom stereocenters. The molecular weight excluding hydrogens is 274 g/mol. The van der Waals surface area contributed by atoms with Gasteiger partial charge in [0.25, 0.3) is 0 Å². The summed E-state index contributed by atoms with van der Waals surface area (Å²) in [6.45, 7) is -0.0719. The number of carbonyl (C=O) groups is 1. The summed E-state index contributed by atoms with van der Waals surface area (Å²) >= 11 is 0. The molecule has 5 nitrogen and oxygen atoms in total. The van der Waals surface area contributed by atoms with E-state index >= 15 is 0 Å².